The SMILES string of the molecule is CN1CCN(C(=O)C[C@H]2CC[C@H]3[C@@H](COc4ccc(NC(=O)c5cscn5)cc4C(=O)N3C)O2)CC1. The molecule has 2 aromatic rings. The third-order valence-electron chi connectivity index (χ3n) is 7.19. The Balaban J connectivity index is 1.25. The molecule has 3 aliphatic rings. The van der Waals surface area contributed by atoms with E-state index in [0.717, 1.165) is 32.6 Å². The number of thiazole rings is 1. The van der Waals surface area contributed by atoms with Crippen LogP contribution in [0.3, 0.4) is 0 Å². The number of hydrogen-bond donors (Lipinski definition) is 1. The number of nitrogens with zero attached hydrogens (tertiary/aromatic N) is 4. The molecule has 1 aromatic carbocycles. The summed E-state index contributed by atoms with van der Waals surface area (Å²) in [6, 6.07) is 4.87. The van der Waals surface area contributed by atoms with Gasteiger partial charge in [0, 0.05) is 44.3 Å². The van der Waals surface area contributed by atoms with Gasteiger partial charge in [0.05, 0.1) is 29.6 Å². The predicted molar refractivity (Wildman–Crippen MR) is 134 cm³/mol. The Bertz CT molecular complexity index is 1120. The van der Waals surface area contributed by atoms with E-state index in [9.17, 15) is 14.4 Å². The van der Waals surface area contributed by atoms with Crippen molar-refractivity contribution < 1.29 is 23.9 Å². The van der Waals surface area contributed by atoms with Gasteiger partial charge >= 0.3 is 0 Å². The molecule has 1 aromatic heterocycles. The summed E-state index contributed by atoms with van der Waals surface area (Å²) in [5.74, 6) is 0.0400. The number of hydrogen-bond acceptors (Lipinski definition) is 8. The fourth-order valence-electron chi connectivity index (χ4n) is 5.00. The second kappa shape index (κ2) is 10.5. The summed E-state index contributed by atoms with van der Waals surface area (Å²) in [7, 11) is 3.84. The smallest absolute Gasteiger partial charge is 0.275 e. The van der Waals surface area contributed by atoms with Gasteiger partial charge in [-0.15, -0.1) is 11.3 Å². The van der Waals surface area contributed by atoms with Crippen molar-refractivity contribution >= 4 is 34.7 Å². The number of rotatable bonds is 4. The van der Waals surface area contributed by atoms with Gasteiger partial charge in [-0.05, 0) is 38.1 Å². The number of carbonyl (C=O) groups is 3. The van der Waals surface area contributed by atoms with Gasteiger partial charge in [-0.3, -0.25) is 14.4 Å². The van der Waals surface area contributed by atoms with Crippen LogP contribution < -0.4 is 10.1 Å². The van der Waals surface area contributed by atoms with Crippen LogP contribution in [0, 0.1) is 0 Å². The van der Waals surface area contributed by atoms with E-state index in [0.29, 0.717) is 35.5 Å². The summed E-state index contributed by atoms with van der Waals surface area (Å²) in [4.78, 5) is 48.5. The molecular formula is C25H31N5O5S. The molecule has 3 atom stereocenters. The lowest BCUT2D eigenvalue weighted by atomic mass is 9.94. The number of anilines is 1. The summed E-state index contributed by atoms with van der Waals surface area (Å²) >= 11 is 1.34. The van der Waals surface area contributed by atoms with Crippen molar-refractivity contribution in [2.45, 2.75) is 37.5 Å². The minimum Gasteiger partial charge on any atom is -0.490 e. The molecule has 2 saturated heterocycles. The van der Waals surface area contributed by atoms with E-state index < -0.39 is 0 Å². The van der Waals surface area contributed by atoms with E-state index in [1.165, 1.54) is 11.3 Å². The number of likely N-dealkylation sites (N-methyl/N-ethyl adjacent to an activating group) is 2. The molecule has 192 valence electrons. The summed E-state index contributed by atoms with van der Waals surface area (Å²) in [5, 5.41) is 4.46. The fraction of sp³-hybridized carbons (Fsp3) is 0.520. The first-order valence-corrected chi connectivity index (χ1v) is 13.2. The maximum absolute atomic E-state index is 13.4. The minimum atomic E-state index is -0.332. The van der Waals surface area contributed by atoms with E-state index in [4.69, 9.17) is 9.47 Å². The number of nitrogens with one attached hydrogen (secondary N) is 1. The van der Waals surface area contributed by atoms with Crippen LogP contribution in [0.1, 0.15) is 40.1 Å². The highest BCUT2D eigenvalue weighted by atomic mass is 32.1. The van der Waals surface area contributed by atoms with Crippen LogP contribution >= 0.6 is 11.3 Å². The molecule has 3 amide bonds. The molecule has 0 saturated carbocycles. The molecule has 1 N–H and O–H groups in total. The van der Waals surface area contributed by atoms with Gasteiger partial charge in [0.15, 0.2) is 0 Å². The van der Waals surface area contributed by atoms with Crippen molar-refractivity contribution in [3.05, 3.63) is 40.3 Å². The number of benzene rings is 1. The highest BCUT2D eigenvalue weighted by Crippen LogP contribution is 2.32. The van der Waals surface area contributed by atoms with Crippen molar-refractivity contribution in [3.8, 4) is 5.75 Å². The Labute approximate surface area is 214 Å². The Morgan fingerprint density at radius 2 is 1.97 bits per heavy atom. The minimum absolute atomic E-state index is 0.125. The lowest BCUT2D eigenvalue weighted by molar-refractivity contribution is -0.144. The third kappa shape index (κ3) is 5.23. The molecule has 5 rings (SSSR count). The topological polar surface area (TPSA) is 104 Å². The second-order valence-electron chi connectivity index (χ2n) is 9.60. The highest BCUT2D eigenvalue weighted by Gasteiger charge is 2.39. The Morgan fingerprint density at radius 1 is 1.17 bits per heavy atom. The first kappa shape index (κ1) is 24.7. The molecular weight excluding hydrogens is 482 g/mol. The molecule has 0 bridgehead atoms. The number of fused-ring (bicyclic) bond motifs is 2. The maximum atomic E-state index is 13.4. The normalized spacial score (nSPS) is 24.7. The number of carbonyl (C=O) groups excluding carboxylic acids is 3. The number of amides is 3. The van der Waals surface area contributed by atoms with Crippen LogP contribution in [0.5, 0.6) is 5.75 Å². The van der Waals surface area contributed by atoms with Gasteiger partial charge in [-0.1, -0.05) is 0 Å². The van der Waals surface area contributed by atoms with Gasteiger partial charge in [-0.25, -0.2) is 4.98 Å². The van der Waals surface area contributed by atoms with Gasteiger partial charge in [0.2, 0.25) is 5.91 Å². The molecule has 3 aliphatic heterocycles. The number of piperazine rings is 1. The molecule has 0 radical (unpaired) electrons. The highest BCUT2D eigenvalue weighted by molar-refractivity contribution is 7.07. The van der Waals surface area contributed by atoms with Gasteiger partial charge in [-0.2, -0.15) is 0 Å². The molecule has 0 aliphatic carbocycles. The summed E-state index contributed by atoms with van der Waals surface area (Å²) in [5.41, 5.74) is 2.81. The van der Waals surface area contributed by atoms with Crippen LogP contribution in [0.15, 0.2) is 29.1 Å². The van der Waals surface area contributed by atoms with Crippen LogP contribution in [0.4, 0.5) is 5.69 Å². The van der Waals surface area contributed by atoms with Gasteiger partial charge < -0.3 is 29.5 Å². The van der Waals surface area contributed by atoms with Gasteiger partial charge in [0.1, 0.15) is 24.2 Å². The zero-order chi connectivity index (χ0) is 25.2. The monoisotopic (exact) mass is 513 g/mol. The van der Waals surface area contributed by atoms with Crippen molar-refractivity contribution in [1.29, 1.82) is 0 Å². The second-order valence-corrected chi connectivity index (χ2v) is 10.3. The molecule has 2 fully saturated rings. The van der Waals surface area contributed by atoms with Crippen molar-refractivity contribution in [1.82, 2.24) is 19.7 Å². The molecule has 4 heterocycles. The Hall–Kier alpha value is -3.02. The van der Waals surface area contributed by atoms with Crippen molar-refractivity contribution in [3.63, 3.8) is 0 Å². The average molecular weight is 514 g/mol. The lowest BCUT2D eigenvalue weighted by Crippen LogP contribution is -2.54. The van der Waals surface area contributed by atoms with Crippen LogP contribution in [0.25, 0.3) is 0 Å². The van der Waals surface area contributed by atoms with E-state index in [-0.39, 0.29) is 42.6 Å². The lowest BCUT2D eigenvalue weighted by Gasteiger charge is -2.42. The van der Waals surface area contributed by atoms with E-state index in [1.54, 1.807) is 41.0 Å². The standard InChI is InChI=1S/C25H31N5O5S/c1-28-7-9-30(10-8-28)23(31)12-17-4-5-20-22(35-17)13-34-21-6-3-16(11-18(21)25(33)29(20)2)27-24(32)19-14-36-15-26-19/h3,6,11,14-15,17,20,22H,4-5,7-10,12-13H2,1-2H3,(H,27,32)/t17-,20+,22-/m1/s1. The average Bonchev–Trinajstić information content (AvgIpc) is 3.42. The molecule has 0 unspecified atom stereocenters. The quantitative estimate of drug-likeness (QED) is 0.666. The van der Waals surface area contributed by atoms with Crippen LogP contribution in [-0.4, -0.2) is 103 Å². The zero-order valence-electron chi connectivity index (χ0n) is 20.5. The third-order valence-corrected chi connectivity index (χ3v) is 7.78. The van der Waals surface area contributed by atoms with Gasteiger partial charge in [0.25, 0.3) is 11.8 Å². The zero-order valence-corrected chi connectivity index (χ0v) is 21.3. The predicted octanol–water partition coefficient (Wildman–Crippen LogP) is 1.94. The largest absolute Gasteiger partial charge is 0.490 e. The van der Waals surface area contributed by atoms with Crippen LogP contribution in [0.2, 0.25) is 0 Å². The summed E-state index contributed by atoms with van der Waals surface area (Å²) < 4.78 is 12.4. The number of aromatic nitrogens is 1. The Kier molecular flexibility index (Phi) is 7.22. The van der Waals surface area contributed by atoms with Crippen LogP contribution in [-0.2, 0) is 9.53 Å². The van der Waals surface area contributed by atoms with E-state index in [2.05, 4.69) is 22.2 Å². The van der Waals surface area contributed by atoms with Crippen molar-refractivity contribution in [2.75, 3.05) is 52.2 Å². The molecule has 0 spiro atoms. The first-order valence-electron chi connectivity index (χ1n) is 12.2. The Morgan fingerprint density at radius 3 is 2.72 bits per heavy atom. The molecule has 10 nitrogen and oxygen atoms in total. The maximum Gasteiger partial charge on any atom is 0.275 e. The van der Waals surface area contributed by atoms with E-state index >= 15 is 0 Å². The van der Waals surface area contributed by atoms with E-state index in [1.807, 2.05) is 4.90 Å². The fourth-order valence-corrected chi connectivity index (χ4v) is 5.54. The van der Waals surface area contributed by atoms with Crippen molar-refractivity contribution in [2.24, 2.45) is 0 Å². The summed E-state index contributed by atoms with van der Waals surface area (Å²) in [6.07, 6.45) is 1.27. The molecule has 36 heavy (non-hydrogen) atoms. The first-order chi connectivity index (χ1) is 17.4. The number of ether oxygens (including phenoxy) is 2. The summed E-state index contributed by atoms with van der Waals surface area (Å²) in [6.45, 7) is 3.55. The molecule has 11 heteroatoms.